The van der Waals surface area contributed by atoms with E-state index in [0.29, 0.717) is 11.3 Å². The van der Waals surface area contributed by atoms with Gasteiger partial charge in [-0.05, 0) is 5.56 Å². The minimum atomic E-state index is 0.414. The highest BCUT2D eigenvalue weighted by Crippen LogP contribution is 2.13. The van der Waals surface area contributed by atoms with Crippen molar-refractivity contribution < 1.29 is 4.57 Å². The molecule has 0 bridgehead atoms. The maximum Gasteiger partial charge on any atom is 0.169 e. The zero-order chi connectivity index (χ0) is 13.9. The highest BCUT2D eigenvalue weighted by Gasteiger charge is 2.09. The Morgan fingerprint density at radius 1 is 1.25 bits per heavy atom. The first-order chi connectivity index (χ1) is 9.78. The second-order valence-corrected chi connectivity index (χ2v) is 4.44. The van der Waals surface area contributed by atoms with Crippen LogP contribution in [-0.2, 0) is 13.1 Å². The minimum absolute atomic E-state index is 0.414. The normalized spacial score (nSPS) is 10.8. The van der Waals surface area contributed by atoms with Gasteiger partial charge in [0.15, 0.2) is 30.4 Å². The molecule has 20 heavy (non-hydrogen) atoms. The summed E-state index contributed by atoms with van der Waals surface area (Å²) in [5.41, 5.74) is 8.29. The van der Waals surface area contributed by atoms with Gasteiger partial charge in [-0.2, -0.15) is 0 Å². The highest BCUT2D eigenvalue weighted by atomic mass is 15.1. The van der Waals surface area contributed by atoms with E-state index >= 15 is 0 Å². The minimum Gasteiger partial charge on any atom is -0.382 e. The maximum absolute atomic E-state index is 5.77. The van der Waals surface area contributed by atoms with Gasteiger partial charge in [0.1, 0.15) is 11.8 Å². The average molecular weight is 267 g/mol. The fourth-order valence-electron chi connectivity index (χ4n) is 2.04. The zero-order valence-corrected chi connectivity index (χ0v) is 11.0. The predicted octanol–water partition coefficient (Wildman–Crippen LogP) is 1.04. The average Bonchev–Trinajstić information content (AvgIpc) is 2.90. The molecule has 0 aliphatic rings. The molecule has 0 aliphatic carbocycles. The molecule has 3 aromatic heterocycles. The first kappa shape index (κ1) is 12.3. The lowest BCUT2D eigenvalue weighted by Gasteiger charge is -2.01. The van der Waals surface area contributed by atoms with Crippen LogP contribution in [0.25, 0.3) is 17.2 Å². The molecule has 0 fully saturated rings. The van der Waals surface area contributed by atoms with Crippen molar-refractivity contribution in [2.75, 3.05) is 5.73 Å². The molecule has 0 radical (unpaired) electrons. The third-order valence-electron chi connectivity index (χ3n) is 3.18. The summed E-state index contributed by atoms with van der Waals surface area (Å²) in [5, 5.41) is 0. The van der Waals surface area contributed by atoms with E-state index in [1.807, 2.05) is 35.2 Å². The van der Waals surface area contributed by atoms with Gasteiger partial charge in [0.05, 0.1) is 12.9 Å². The molecular formula is C14H15N6+. The van der Waals surface area contributed by atoms with Crippen molar-refractivity contribution in [3.05, 3.63) is 49.3 Å². The zero-order valence-electron chi connectivity index (χ0n) is 11.0. The van der Waals surface area contributed by atoms with Crippen molar-refractivity contribution in [3.63, 3.8) is 0 Å². The third-order valence-corrected chi connectivity index (χ3v) is 3.18. The molecule has 0 aromatic carbocycles. The summed E-state index contributed by atoms with van der Waals surface area (Å²) in [6.45, 7) is 5.34. The number of aromatic nitrogens is 5. The SMILES string of the molecule is C=Cc1cc[n+](CCn2cnc3c(N)ncnc32)cc1. The Balaban J connectivity index is 1.79. The number of hydrogen-bond acceptors (Lipinski definition) is 4. The highest BCUT2D eigenvalue weighted by molar-refractivity contribution is 5.80. The van der Waals surface area contributed by atoms with E-state index in [2.05, 4.69) is 26.1 Å². The van der Waals surface area contributed by atoms with Gasteiger partial charge in [0.25, 0.3) is 0 Å². The van der Waals surface area contributed by atoms with Crippen LogP contribution in [-0.4, -0.2) is 19.5 Å². The van der Waals surface area contributed by atoms with Crippen LogP contribution >= 0.6 is 0 Å². The first-order valence-electron chi connectivity index (χ1n) is 6.31. The summed E-state index contributed by atoms with van der Waals surface area (Å²) < 4.78 is 4.07. The molecule has 0 saturated carbocycles. The largest absolute Gasteiger partial charge is 0.382 e. The van der Waals surface area contributed by atoms with Gasteiger partial charge in [-0.3, -0.25) is 0 Å². The van der Waals surface area contributed by atoms with Crippen LogP contribution in [0.5, 0.6) is 0 Å². The van der Waals surface area contributed by atoms with Gasteiger partial charge in [-0.1, -0.05) is 12.7 Å². The van der Waals surface area contributed by atoms with Gasteiger partial charge in [0.2, 0.25) is 0 Å². The Kier molecular flexibility index (Phi) is 3.12. The van der Waals surface area contributed by atoms with E-state index in [4.69, 9.17) is 5.73 Å². The number of fused-ring (bicyclic) bond motifs is 1. The molecule has 0 saturated heterocycles. The molecule has 0 aliphatic heterocycles. The van der Waals surface area contributed by atoms with Gasteiger partial charge >= 0.3 is 0 Å². The predicted molar refractivity (Wildman–Crippen MR) is 76.5 cm³/mol. The Morgan fingerprint density at radius 3 is 2.80 bits per heavy atom. The monoisotopic (exact) mass is 267 g/mol. The second kappa shape index (κ2) is 5.08. The summed E-state index contributed by atoms with van der Waals surface area (Å²) in [5.74, 6) is 0.414. The lowest BCUT2D eigenvalue weighted by atomic mass is 10.3. The van der Waals surface area contributed by atoms with Gasteiger partial charge in [-0.25, -0.2) is 19.5 Å². The number of pyridine rings is 1. The Hall–Kier alpha value is -2.76. The van der Waals surface area contributed by atoms with Crippen LogP contribution in [0.1, 0.15) is 5.56 Å². The Labute approximate surface area is 116 Å². The van der Waals surface area contributed by atoms with E-state index in [1.165, 1.54) is 6.33 Å². The number of nitrogens with two attached hydrogens (primary N) is 1. The Morgan fingerprint density at radius 2 is 2.05 bits per heavy atom. The molecule has 6 heteroatoms. The van der Waals surface area contributed by atoms with E-state index in [-0.39, 0.29) is 0 Å². The fourth-order valence-corrected chi connectivity index (χ4v) is 2.04. The summed E-state index contributed by atoms with van der Waals surface area (Å²) in [6.07, 6.45) is 9.09. The van der Waals surface area contributed by atoms with E-state index in [9.17, 15) is 0 Å². The lowest BCUT2D eigenvalue weighted by molar-refractivity contribution is -0.698. The molecule has 0 amide bonds. The van der Waals surface area contributed by atoms with Crippen molar-refractivity contribution >= 4 is 23.1 Å². The van der Waals surface area contributed by atoms with Crippen LogP contribution in [0.4, 0.5) is 5.82 Å². The standard InChI is InChI=1S/C14H15N6/c1-2-11-3-5-19(6-4-11)7-8-20-10-18-12-13(15)16-9-17-14(12)20/h2-6,9-10H,1,7-8H2,(H2,15,16,17)/q+1. The van der Waals surface area contributed by atoms with Crippen LogP contribution in [0.15, 0.2) is 43.8 Å². The smallest absolute Gasteiger partial charge is 0.169 e. The molecule has 0 spiro atoms. The van der Waals surface area contributed by atoms with Crippen molar-refractivity contribution in [3.8, 4) is 0 Å². The summed E-state index contributed by atoms with van der Waals surface area (Å²) in [4.78, 5) is 12.4. The van der Waals surface area contributed by atoms with Crippen LogP contribution in [0.2, 0.25) is 0 Å². The molecule has 0 unspecified atom stereocenters. The molecule has 100 valence electrons. The molecule has 3 rings (SSSR count). The Bertz CT molecular complexity index is 744. The molecule has 3 heterocycles. The summed E-state index contributed by atoms with van der Waals surface area (Å²) in [6, 6.07) is 4.05. The van der Waals surface area contributed by atoms with Crippen LogP contribution in [0.3, 0.4) is 0 Å². The molecule has 3 aromatic rings. The quantitative estimate of drug-likeness (QED) is 0.717. The number of rotatable bonds is 4. The summed E-state index contributed by atoms with van der Waals surface area (Å²) in [7, 11) is 0. The van der Waals surface area contributed by atoms with E-state index in [0.717, 1.165) is 24.3 Å². The molecule has 0 atom stereocenters. The molecule has 2 N–H and O–H groups in total. The number of nitrogens with zero attached hydrogens (tertiary/aromatic N) is 5. The fraction of sp³-hybridized carbons (Fsp3) is 0.143. The maximum atomic E-state index is 5.77. The van der Waals surface area contributed by atoms with Crippen LogP contribution < -0.4 is 10.3 Å². The van der Waals surface area contributed by atoms with E-state index < -0.39 is 0 Å². The number of hydrogen-bond donors (Lipinski definition) is 1. The lowest BCUT2D eigenvalue weighted by Crippen LogP contribution is -2.34. The van der Waals surface area contributed by atoms with Gasteiger partial charge in [-0.15, -0.1) is 0 Å². The molecular weight excluding hydrogens is 252 g/mol. The van der Waals surface area contributed by atoms with Gasteiger partial charge < -0.3 is 10.3 Å². The topological polar surface area (TPSA) is 73.5 Å². The van der Waals surface area contributed by atoms with Crippen molar-refractivity contribution in [1.82, 2.24) is 19.5 Å². The third kappa shape index (κ3) is 2.23. The molecule has 6 nitrogen and oxygen atoms in total. The van der Waals surface area contributed by atoms with Crippen LogP contribution in [0, 0.1) is 0 Å². The van der Waals surface area contributed by atoms with Crippen molar-refractivity contribution in [2.45, 2.75) is 13.1 Å². The number of aryl methyl sites for hydroxylation is 2. The van der Waals surface area contributed by atoms with Crippen molar-refractivity contribution in [2.24, 2.45) is 0 Å². The number of imidazole rings is 1. The number of anilines is 1. The van der Waals surface area contributed by atoms with Crippen molar-refractivity contribution in [1.29, 1.82) is 0 Å². The first-order valence-corrected chi connectivity index (χ1v) is 6.31. The number of nitrogen functional groups attached to an aromatic ring is 1. The summed E-state index contributed by atoms with van der Waals surface area (Å²) >= 11 is 0. The van der Waals surface area contributed by atoms with E-state index in [1.54, 1.807) is 6.33 Å². The second-order valence-electron chi connectivity index (χ2n) is 4.44. The van der Waals surface area contributed by atoms with Gasteiger partial charge in [0, 0.05) is 12.1 Å².